The number of aromatic nitrogens is 2. The van der Waals surface area contributed by atoms with Gasteiger partial charge in [-0.05, 0) is 28.4 Å². The first-order chi connectivity index (χ1) is 9.52. The summed E-state index contributed by atoms with van der Waals surface area (Å²) >= 11 is 3.53. The number of hydrogen-bond acceptors (Lipinski definition) is 2. The summed E-state index contributed by atoms with van der Waals surface area (Å²) in [6.45, 7) is 2.93. The molecule has 0 bridgehead atoms. The first kappa shape index (κ1) is 15.1. The minimum Gasteiger partial charge on any atom is -0.307 e. The van der Waals surface area contributed by atoms with Crippen LogP contribution in [-0.4, -0.2) is 9.78 Å². The van der Waals surface area contributed by atoms with Gasteiger partial charge in [-0.3, -0.25) is 4.68 Å². The predicted molar refractivity (Wildman–Crippen MR) is 77.2 cm³/mol. The van der Waals surface area contributed by atoms with Gasteiger partial charge >= 0.3 is 0 Å². The highest BCUT2D eigenvalue weighted by Gasteiger charge is 2.12. The van der Waals surface area contributed by atoms with Gasteiger partial charge in [0.15, 0.2) is 0 Å². The fourth-order valence-electron chi connectivity index (χ4n) is 1.99. The summed E-state index contributed by atoms with van der Waals surface area (Å²) in [6.07, 6.45) is 0.848. The van der Waals surface area contributed by atoms with Crippen LogP contribution in [0.5, 0.6) is 0 Å². The lowest BCUT2D eigenvalue weighted by Gasteiger charge is -2.07. The van der Waals surface area contributed by atoms with E-state index in [9.17, 15) is 8.78 Å². The Labute approximate surface area is 125 Å². The van der Waals surface area contributed by atoms with Gasteiger partial charge in [0.25, 0.3) is 0 Å². The number of halogens is 3. The lowest BCUT2D eigenvalue weighted by Crippen LogP contribution is -2.16. The van der Waals surface area contributed by atoms with Crippen LogP contribution in [0.4, 0.5) is 8.78 Å². The van der Waals surface area contributed by atoms with Gasteiger partial charge in [-0.1, -0.05) is 13.0 Å². The van der Waals surface area contributed by atoms with Crippen LogP contribution in [0.2, 0.25) is 0 Å². The smallest absolute Gasteiger partial charge is 0.130 e. The highest BCUT2D eigenvalue weighted by atomic mass is 79.9. The summed E-state index contributed by atoms with van der Waals surface area (Å²) < 4.78 is 29.1. The average molecular weight is 344 g/mol. The first-order valence-corrected chi connectivity index (χ1v) is 7.17. The number of nitrogens with zero attached hydrogens (tertiary/aromatic N) is 2. The Balaban J connectivity index is 2.01. The minimum atomic E-state index is -0.562. The summed E-state index contributed by atoms with van der Waals surface area (Å²) in [5.41, 5.74) is 2.45. The average Bonchev–Trinajstić information content (AvgIpc) is 2.68. The molecular formula is C14H16BrF2N3. The minimum absolute atomic E-state index is 0.338. The Morgan fingerprint density at radius 3 is 2.65 bits per heavy atom. The first-order valence-electron chi connectivity index (χ1n) is 6.37. The Kier molecular flexibility index (Phi) is 4.88. The Morgan fingerprint density at radius 2 is 2.05 bits per heavy atom. The molecule has 0 saturated carbocycles. The third-order valence-corrected chi connectivity index (χ3v) is 4.04. The molecule has 0 atom stereocenters. The zero-order valence-corrected chi connectivity index (χ0v) is 13.0. The lowest BCUT2D eigenvalue weighted by atomic mass is 10.2. The molecule has 108 valence electrons. The maximum Gasteiger partial charge on any atom is 0.130 e. The largest absolute Gasteiger partial charge is 0.307 e. The quantitative estimate of drug-likeness (QED) is 0.902. The number of nitrogens with one attached hydrogen (secondary N) is 1. The number of aryl methyl sites for hydroxylation is 2. The van der Waals surface area contributed by atoms with Crippen LogP contribution >= 0.6 is 15.9 Å². The van der Waals surface area contributed by atoms with Crippen molar-refractivity contribution in [3.05, 3.63) is 51.3 Å². The summed E-state index contributed by atoms with van der Waals surface area (Å²) in [5, 5.41) is 7.53. The molecule has 1 aromatic carbocycles. The number of rotatable bonds is 5. The molecule has 0 unspecified atom stereocenters. The molecule has 6 heteroatoms. The van der Waals surface area contributed by atoms with Crippen molar-refractivity contribution in [2.75, 3.05) is 0 Å². The second-order valence-corrected chi connectivity index (χ2v) is 5.32. The molecule has 20 heavy (non-hydrogen) atoms. The van der Waals surface area contributed by atoms with Crippen LogP contribution in [0.3, 0.4) is 0 Å². The van der Waals surface area contributed by atoms with Crippen molar-refractivity contribution in [1.29, 1.82) is 0 Å². The van der Waals surface area contributed by atoms with Crippen molar-refractivity contribution >= 4 is 15.9 Å². The topological polar surface area (TPSA) is 29.9 Å². The third kappa shape index (κ3) is 3.24. The lowest BCUT2D eigenvalue weighted by molar-refractivity contribution is 0.554. The van der Waals surface area contributed by atoms with Gasteiger partial charge < -0.3 is 5.32 Å². The number of hydrogen-bond donors (Lipinski definition) is 1. The molecule has 0 fully saturated rings. The molecule has 1 heterocycles. The normalized spacial score (nSPS) is 11.1. The molecule has 0 aliphatic heterocycles. The van der Waals surface area contributed by atoms with E-state index in [0.29, 0.717) is 18.7 Å². The van der Waals surface area contributed by atoms with E-state index in [1.54, 1.807) is 4.68 Å². The summed E-state index contributed by atoms with van der Waals surface area (Å²) in [5.74, 6) is -1.09. The van der Waals surface area contributed by atoms with Crippen molar-refractivity contribution in [3.8, 4) is 0 Å². The van der Waals surface area contributed by atoms with Crippen molar-refractivity contribution in [2.24, 2.45) is 7.05 Å². The number of benzene rings is 1. The van der Waals surface area contributed by atoms with Crippen molar-refractivity contribution in [3.63, 3.8) is 0 Å². The van der Waals surface area contributed by atoms with E-state index in [4.69, 9.17) is 0 Å². The zero-order chi connectivity index (χ0) is 14.7. The van der Waals surface area contributed by atoms with E-state index >= 15 is 0 Å². The van der Waals surface area contributed by atoms with Crippen LogP contribution < -0.4 is 5.32 Å². The Morgan fingerprint density at radius 1 is 1.30 bits per heavy atom. The summed E-state index contributed by atoms with van der Waals surface area (Å²) in [7, 11) is 1.87. The molecule has 0 radical (unpaired) electrons. The standard InChI is InChI=1S/C14H16BrF2N3/c1-3-12-14(15)13(20(2)19-12)8-18-7-9-4-5-10(16)6-11(9)17/h4-6,18H,3,7-8H2,1-2H3. The molecule has 0 amide bonds. The van der Waals surface area contributed by atoms with Gasteiger partial charge in [-0.2, -0.15) is 5.10 Å². The molecule has 0 aliphatic carbocycles. The van der Waals surface area contributed by atoms with Crippen LogP contribution in [0.1, 0.15) is 23.9 Å². The van der Waals surface area contributed by atoms with Gasteiger partial charge in [-0.15, -0.1) is 0 Å². The van der Waals surface area contributed by atoms with E-state index in [1.807, 2.05) is 14.0 Å². The summed E-state index contributed by atoms with van der Waals surface area (Å²) in [6, 6.07) is 3.61. The van der Waals surface area contributed by atoms with Gasteiger partial charge in [0.2, 0.25) is 0 Å². The van der Waals surface area contributed by atoms with Crippen LogP contribution in [0, 0.1) is 11.6 Å². The third-order valence-electron chi connectivity index (χ3n) is 3.13. The van der Waals surface area contributed by atoms with Gasteiger partial charge in [0.05, 0.1) is 15.9 Å². The van der Waals surface area contributed by atoms with E-state index < -0.39 is 11.6 Å². The highest BCUT2D eigenvalue weighted by molar-refractivity contribution is 9.10. The molecule has 1 N–H and O–H groups in total. The molecule has 0 spiro atoms. The van der Waals surface area contributed by atoms with Crippen molar-refractivity contribution in [2.45, 2.75) is 26.4 Å². The van der Waals surface area contributed by atoms with Crippen LogP contribution in [-0.2, 0) is 26.6 Å². The van der Waals surface area contributed by atoms with Crippen LogP contribution in [0.15, 0.2) is 22.7 Å². The molecule has 2 aromatic rings. The maximum atomic E-state index is 13.5. The molecule has 3 nitrogen and oxygen atoms in total. The van der Waals surface area contributed by atoms with Crippen molar-refractivity contribution < 1.29 is 8.78 Å². The Hall–Kier alpha value is -1.27. The monoisotopic (exact) mass is 343 g/mol. The van der Waals surface area contributed by atoms with E-state index in [1.165, 1.54) is 12.1 Å². The fraction of sp³-hybridized carbons (Fsp3) is 0.357. The predicted octanol–water partition coefficient (Wildman–Crippen LogP) is 3.31. The molecule has 0 aliphatic rings. The maximum absolute atomic E-state index is 13.5. The molecule has 1 aromatic heterocycles. The second kappa shape index (κ2) is 6.45. The Bertz CT molecular complexity index is 611. The highest BCUT2D eigenvalue weighted by Crippen LogP contribution is 2.21. The molecule has 2 rings (SSSR count). The van der Waals surface area contributed by atoms with Gasteiger partial charge in [0.1, 0.15) is 11.6 Å². The SMILES string of the molecule is CCc1nn(C)c(CNCc2ccc(F)cc2F)c1Br. The van der Waals surface area contributed by atoms with Gasteiger partial charge in [0, 0.05) is 31.8 Å². The van der Waals surface area contributed by atoms with Crippen LogP contribution in [0.25, 0.3) is 0 Å². The van der Waals surface area contributed by atoms with Gasteiger partial charge in [-0.25, -0.2) is 8.78 Å². The van der Waals surface area contributed by atoms with E-state index in [0.717, 1.165) is 28.3 Å². The van der Waals surface area contributed by atoms with E-state index in [-0.39, 0.29) is 0 Å². The molecule has 0 saturated heterocycles. The second-order valence-electron chi connectivity index (χ2n) is 4.52. The summed E-state index contributed by atoms with van der Waals surface area (Å²) in [4.78, 5) is 0. The fourth-order valence-corrected chi connectivity index (χ4v) is 2.75. The van der Waals surface area contributed by atoms with E-state index in [2.05, 4.69) is 26.3 Å². The van der Waals surface area contributed by atoms with Crippen molar-refractivity contribution in [1.82, 2.24) is 15.1 Å². The molecular weight excluding hydrogens is 328 g/mol. The zero-order valence-electron chi connectivity index (χ0n) is 11.4.